The zero-order chi connectivity index (χ0) is 13.6. The molecule has 5 nitrogen and oxygen atoms in total. The summed E-state index contributed by atoms with van der Waals surface area (Å²) in [7, 11) is -7.68. The van der Waals surface area contributed by atoms with E-state index in [1.54, 1.807) is 6.07 Å². The zero-order valence-corrected chi connectivity index (χ0v) is 11.0. The molecule has 2 rings (SSSR count). The molecule has 0 fully saturated rings. The van der Waals surface area contributed by atoms with Crippen molar-refractivity contribution >= 4 is 30.7 Å². The molecular formula is C11H10O5S2. The summed E-state index contributed by atoms with van der Waals surface area (Å²) in [6.07, 6.45) is 1.08. The molecule has 0 radical (unpaired) electrons. The Morgan fingerprint density at radius 3 is 2.22 bits per heavy atom. The molecule has 0 aliphatic rings. The Morgan fingerprint density at radius 2 is 1.67 bits per heavy atom. The Labute approximate surface area is 105 Å². The molecule has 2 aromatic carbocycles. The lowest BCUT2D eigenvalue weighted by molar-refractivity contribution is 0.483. The molecule has 2 aromatic rings. The molecule has 0 spiro atoms. The van der Waals surface area contributed by atoms with E-state index in [9.17, 15) is 16.8 Å². The second-order valence-corrected chi connectivity index (χ2v) is 7.29. The normalized spacial score (nSPS) is 12.8. The third-order valence-electron chi connectivity index (χ3n) is 2.51. The van der Waals surface area contributed by atoms with Crippen LogP contribution in [0.5, 0.6) is 0 Å². The molecule has 0 aromatic heterocycles. The summed E-state index contributed by atoms with van der Waals surface area (Å²) in [4.78, 5) is -0.137. The van der Waals surface area contributed by atoms with E-state index in [1.807, 2.05) is 0 Å². The average molecular weight is 286 g/mol. The van der Waals surface area contributed by atoms with Crippen molar-refractivity contribution in [1.29, 1.82) is 0 Å². The molecule has 1 N–H and O–H groups in total. The van der Waals surface area contributed by atoms with Crippen LogP contribution in [0.3, 0.4) is 0 Å². The number of rotatable bonds is 2. The summed E-state index contributed by atoms with van der Waals surface area (Å²) in [6.45, 7) is 0. The average Bonchev–Trinajstić information content (AvgIpc) is 2.25. The van der Waals surface area contributed by atoms with Crippen molar-refractivity contribution in [3.8, 4) is 0 Å². The van der Waals surface area contributed by atoms with Gasteiger partial charge in [0.1, 0.15) is 0 Å². The fourth-order valence-electron chi connectivity index (χ4n) is 1.72. The summed E-state index contributed by atoms with van der Waals surface area (Å²) in [5.41, 5.74) is 0. The lowest BCUT2D eigenvalue weighted by Gasteiger charge is -2.05. The summed E-state index contributed by atoms with van der Waals surface area (Å²) in [5.74, 6) is 0. The minimum atomic E-state index is -4.29. The van der Waals surface area contributed by atoms with Gasteiger partial charge in [0.15, 0.2) is 9.84 Å². The number of fused-ring (bicyclic) bond motifs is 1. The van der Waals surface area contributed by atoms with Crippen LogP contribution in [0.15, 0.2) is 46.2 Å². The molecular weight excluding hydrogens is 276 g/mol. The lowest BCUT2D eigenvalue weighted by atomic mass is 10.1. The van der Waals surface area contributed by atoms with Crippen molar-refractivity contribution < 1.29 is 21.4 Å². The van der Waals surface area contributed by atoms with Gasteiger partial charge in [-0.3, -0.25) is 4.55 Å². The minimum absolute atomic E-state index is 0.127. The maximum Gasteiger partial charge on any atom is 0.294 e. The van der Waals surface area contributed by atoms with Crippen molar-refractivity contribution in [3.63, 3.8) is 0 Å². The number of hydrogen-bond acceptors (Lipinski definition) is 4. The first-order valence-corrected chi connectivity index (χ1v) is 8.23. The van der Waals surface area contributed by atoms with E-state index in [0.29, 0.717) is 10.8 Å². The van der Waals surface area contributed by atoms with Crippen LogP contribution >= 0.6 is 0 Å². The van der Waals surface area contributed by atoms with E-state index < -0.39 is 20.0 Å². The molecule has 0 unspecified atom stereocenters. The topological polar surface area (TPSA) is 88.5 Å². The molecule has 7 heteroatoms. The summed E-state index contributed by atoms with van der Waals surface area (Å²) in [5, 5.41) is 0.862. The van der Waals surface area contributed by atoms with Gasteiger partial charge in [-0.15, -0.1) is 0 Å². The first kappa shape index (κ1) is 13.0. The van der Waals surface area contributed by atoms with Crippen molar-refractivity contribution in [3.05, 3.63) is 36.4 Å². The van der Waals surface area contributed by atoms with Crippen molar-refractivity contribution in [2.24, 2.45) is 0 Å². The van der Waals surface area contributed by atoms with Crippen LogP contribution in [0.1, 0.15) is 0 Å². The number of benzene rings is 2. The van der Waals surface area contributed by atoms with Gasteiger partial charge in [-0.05, 0) is 23.6 Å². The maximum absolute atomic E-state index is 11.6. The predicted octanol–water partition coefficient (Wildman–Crippen LogP) is 1.49. The van der Waals surface area contributed by atoms with Crippen LogP contribution in [0.25, 0.3) is 10.8 Å². The first-order valence-electron chi connectivity index (χ1n) is 4.90. The van der Waals surface area contributed by atoms with Crippen molar-refractivity contribution in [2.75, 3.05) is 6.26 Å². The molecule has 96 valence electrons. The molecule has 0 saturated carbocycles. The van der Waals surface area contributed by atoms with Gasteiger partial charge in [0.2, 0.25) is 0 Å². The maximum atomic E-state index is 11.6. The molecule has 0 atom stereocenters. The predicted molar refractivity (Wildman–Crippen MR) is 66.9 cm³/mol. The van der Waals surface area contributed by atoms with Crippen LogP contribution in [0.4, 0.5) is 0 Å². The Morgan fingerprint density at radius 1 is 1.00 bits per heavy atom. The van der Waals surface area contributed by atoms with Crippen molar-refractivity contribution in [1.82, 2.24) is 0 Å². The number of hydrogen-bond donors (Lipinski definition) is 1. The van der Waals surface area contributed by atoms with Gasteiger partial charge in [0.05, 0.1) is 9.79 Å². The first-order chi connectivity index (χ1) is 8.19. The summed E-state index contributed by atoms with van der Waals surface area (Å²) >= 11 is 0. The summed E-state index contributed by atoms with van der Waals surface area (Å²) in [6, 6.07) is 8.33. The molecule has 0 saturated heterocycles. The van der Waals surface area contributed by atoms with E-state index in [0.717, 1.165) is 6.26 Å². The highest BCUT2D eigenvalue weighted by Gasteiger charge is 2.14. The van der Waals surface area contributed by atoms with E-state index in [4.69, 9.17) is 4.55 Å². The van der Waals surface area contributed by atoms with Crippen LogP contribution in [-0.2, 0) is 20.0 Å². The van der Waals surface area contributed by atoms with E-state index in [2.05, 4.69) is 0 Å². The van der Waals surface area contributed by atoms with Gasteiger partial charge in [0, 0.05) is 11.6 Å². The molecule has 0 heterocycles. The molecule has 0 aliphatic carbocycles. The quantitative estimate of drug-likeness (QED) is 0.845. The standard InChI is InChI=1S/C11H10O5S2/c1-17(12,13)11-4-2-3-8-7-9(18(14,15)16)5-6-10(8)11/h2-7H,1H3,(H,14,15,16). The highest BCUT2D eigenvalue weighted by molar-refractivity contribution is 7.91. The van der Waals surface area contributed by atoms with Gasteiger partial charge in [0.25, 0.3) is 10.1 Å². The smallest absolute Gasteiger partial charge is 0.282 e. The Balaban J connectivity index is 2.85. The molecule has 18 heavy (non-hydrogen) atoms. The third kappa shape index (κ3) is 2.38. The molecule has 0 bridgehead atoms. The minimum Gasteiger partial charge on any atom is -0.282 e. The zero-order valence-electron chi connectivity index (χ0n) is 9.36. The highest BCUT2D eigenvalue weighted by Crippen LogP contribution is 2.25. The van der Waals surface area contributed by atoms with Gasteiger partial charge in [-0.1, -0.05) is 18.2 Å². The highest BCUT2D eigenvalue weighted by atomic mass is 32.2. The van der Waals surface area contributed by atoms with Crippen LogP contribution in [0, 0.1) is 0 Å². The third-order valence-corrected chi connectivity index (χ3v) is 4.51. The second-order valence-electron chi connectivity index (χ2n) is 3.89. The Hall–Kier alpha value is -1.44. The van der Waals surface area contributed by atoms with Crippen LogP contribution in [0.2, 0.25) is 0 Å². The van der Waals surface area contributed by atoms with E-state index >= 15 is 0 Å². The van der Waals surface area contributed by atoms with E-state index in [-0.39, 0.29) is 9.79 Å². The molecule has 0 amide bonds. The molecule has 0 aliphatic heterocycles. The van der Waals surface area contributed by atoms with Crippen LogP contribution < -0.4 is 0 Å². The lowest BCUT2D eigenvalue weighted by Crippen LogP contribution is -2.00. The second kappa shape index (κ2) is 4.04. The van der Waals surface area contributed by atoms with Gasteiger partial charge in [-0.25, -0.2) is 8.42 Å². The number of sulfone groups is 1. The largest absolute Gasteiger partial charge is 0.294 e. The van der Waals surface area contributed by atoms with Crippen LogP contribution in [-0.4, -0.2) is 27.6 Å². The SMILES string of the molecule is CS(=O)(=O)c1cccc2cc(S(=O)(=O)O)ccc12. The fourth-order valence-corrected chi connectivity index (χ4v) is 3.14. The fraction of sp³-hybridized carbons (Fsp3) is 0.0909. The Kier molecular flexibility index (Phi) is 2.92. The summed E-state index contributed by atoms with van der Waals surface area (Å²) < 4.78 is 54.0. The Bertz CT molecular complexity index is 820. The van der Waals surface area contributed by atoms with Gasteiger partial charge in [-0.2, -0.15) is 8.42 Å². The van der Waals surface area contributed by atoms with Gasteiger partial charge >= 0.3 is 0 Å². The van der Waals surface area contributed by atoms with Crippen molar-refractivity contribution in [2.45, 2.75) is 9.79 Å². The monoisotopic (exact) mass is 286 g/mol. The van der Waals surface area contributed by atoms with E-state index in [1.165, 1.54) is 30.3 Å². The van der Waals surface area contributed by atoms with Gasteiger partial charge < -0.3 is 0 Å².